The van der Waals surface area contributed by atoms with Crippen LogP contribution < -0.4 is 10.2 Å². The number of ether oxygens (including phenoxy) is 1. The summed E-state index contributed by atoms with van der Waals surface area (Å²) < 4.78 is 5.29. The van der Waals surface area contributed by atoms with E-state index < -0.39 is 0 Å². The van der Waals surface area contributed by atoms with E-state index in [9.17, 15) is 4.79 Å². The third-order valence-corrected chi connectivity index (χ3v) is 3.94. The molecular weight excluding hydrogens is 278 g/mol. The standard InChI is InChI=1S/C17H27N3O2/c1-3-9-20(10-4-2)15-5-6-16(18-13-15)19-17(21)14-7-11-22-12-8-14/h5-6,13-14H,3-4,7-12H2,1-2H3,(H,18,19,21). The molecule has 5 heteroatoms. The molecule has 1 amide bonds. The molecule has 22 heavy (non-hydrogen) atoms. The highest BCUT2D eigenvalue weighted by Gasteiger charge is 2.21. The van der Waals surface area contributed by atoms with Crippen molar-refractivity contribution in [1.82, 2.24) is 4.98 Å². The molecule has 1 aromatic heterocycles. The number of anilines is 2. The van der Waals surface area contributed by atoms with Crippen LogP contribution in [0.3, 0.4) is 0 Å². The van der Waals surface area contributed by atoms with Gasteiger partial charge in [-0.2, -0.15) is 0 Å². The molecular formula is C17H27N3O2. The fourth-order valence-electron chi connectivity index (χ4n) is 2.74. The average molecular weight is 305 g/mol. The van der Waals surface area contributed by atoms with Gasteiger partial charge in [-0.05, 0) is 37.8 Å². The van der Waals surface area contributed by atoms with Gasteiger partial charge in [-0.1, -0.05) is 13.8 Å². The number of aromatic nitrogens is 1. The minimum Gasteiger partial charge on any atom is -0.381 e. The summed E-state index contributed by atoms with van der Waals surface area (Å²) in [4.78, 5) is 18.9. The first kappa shape index (κ1) is 16.7. The van der Waals surface area contributed by atoms with Gasteiger partial charge in [0.15, 0.2) is 0 Å². The van der Waals surface area contributed by atoms with E-state index in [-0.39, 0.29) is 11.8 Å². The smallest absolute Gasteiger partial charge is 0.228 e. The molecule has 0 aliphatic carbocycles. The van der Waals surface area contributed by atoms with Crippen LogP contribution in [0.5, 0.6) is 0 Å². The Morgan fingerprint density at radius 3 is 2.50 bits per heavy atom. The van der Waals surface area contributed by atoms with Gasteiger partial charge in [0, 0.05) is 32.2 Å². The molecule has 0 bridgehead atoms. The highest BCUT2D eigenvalue weighted by molar-refractivity contribution is 5.91. The average Bonchev–Trinajstić information content (AvgIpc) is 2.56. The van der Waals surface area contributed by atoms with Crippen molar-refractivity contribution in [3.8, 4) is 0 Å². The van der Waals surface area contributed by atoms with Crippen molar-refractivity contribution in [2.45, 2.75) is 39.5 Å². The molecule has 1 N–H and O–H groups in total. The maximum Gasteiger partial charge on any atom is 0.228 e. The fraction of sp³-hybridized carbons (Fsp3) is 0.647. The zero-order valence-corrected chi connectivity index (χ0v) is 13.7. The molecule has 0 radical (unpaired) electrons. The molecule has 1 fully saturated rings. The Bertz CT molecular complexity index is 449. The number of carbonyl (C=O) groups is 1. The molecule has 0 spiro atoms. The second-order valence-electron chi connectivity index (χ2n) is 5.76. The van der Waals surface area contributed by atoms with Crippen LogP contribution in [-0.2, 0) is 9.53 Å². The van der Waals surface area contributed by atoms with Crippen LogP contribution in [-0.4, -0.2) is 37.2 Å². The van der Waals surface area contributed by atoms with Crippen LogP contribution in [0, 0.1) is 5.92 Å². The Labute approximate surface area is 133 Å². The number of nitrogens with zero attached hydrogens (tertiary/aromatic N) is 2. The SMILES string of the molecule is CCCN(CCC)c1ccc(NC(=O)C2CCOCC2)nc1. The minimum absolute atomic E-state index is 0.0481. The van der Waals surface area contributed by atoms with Crippen LogP contribution in [0.4, 0.5) is 11.5 Å². The summed E-state index contributed by atoms with van der Waals surface area (Å²) in [6, 6.07) is 3.93. The van der Waals surface area contributed by atoms with Gasteiger partial charge < -0.3 is 15.0 Å². The third kappa shape index (κ3) is 4.70. The van der Waals surface area contributed by atoms with Crippen LogP contribution in [0.2, 0.25) is 0 Å². The maximum absolute atomic E-state index is 12.2. The monoisotopic (exact) mass is 305 g/mol. The molecule has 0 saturated carbocycles. The van der Waals surface area contributed by atoms with E-state index in [0.717, 1.165) is 44.5 Å². The first-order chi connectivity index (χ1) is 10.7. The van der Waals surface area contributed by atoms with Gasteiger partial charge in [0.25, 0.3) is 0 Å². The van der Waals surface area contributed by atoms with Crippen molar-refractivity contribution in [2.75, 3.05) is 36.5 Å². The van der Waals surface area contributed by atoms with Crippen molar-refractivity contribution >= 4 is 17.4 Å². The number of hydrogen-bond acceptors (Lipinski definition) is 4. The first-order valence-corrected chi connectivity index (χ1v) is 8.34. The Balaban J connectivity index is 1.94. The molecule has 5 nitrogen and oxygen atoms in total. The molecule has 122 valence electrons. The van der Waals surface area contributed by atoms with E-state index in [2.05, 4.69) is 29.0 Å². The Kier molecular flexibility index (Phi) is 6.65. The minimum atomic E-state index is 0.0481. The summed E-state index contributed by atoms with van der Waals surface area (Å²) in [5.74, 6) is 0.739. The summed E-state index contributed by atoms with van der Waals surface area (Å²) in [5.41, 5.74) is 1.12. The molecule has 2 rings (SSSR count). The molecule has 2 heterocycles. The Hall–Kier alpha value is -1.62. The van der Waals surface area contributed by atoms with Gasteiger partial charge in [-0.15, -0.1) is 0 Å². The van der Waals surface area contributed by atoms with Crippen molar-refractivity contribution in [3.63, 3.8) is 0 Å². The molecule has 1 aliphatic heterocycles. The number of amides is 1. The lowest BCUT2D eigenvalue weighted by Crippen LogP contribution is -2.29. The van der Waals surface area contributed by atoms with Gasteiger partial charge in [0.05, 0.1) is 11.9 Å². The van der Waals surface area contributed by atoms with Crippen LogP contribution in [0.1, 0.15) is 39.5 Å². The zero-order valence-electron chi connectivity index (χ0n) is 13.7. The van der Waals surface area contributed by atoms with Crippen molar-refractivity contribution < 1.29 is 9.53 Å². The molecule has 0 unspecified atom stereocenters. The fourth-order valence-corrected chi connectivity index (χ4v) is 2.74. The van der Waals surface area contributed by atoms with E-state index in [0.29, 0.717) is 19.0 Å². The largest absolute Gasteiger partial charge is 0.381 e. The lowest BCUT2D eigenvalue weighted by Gasteiger charge is -2.24. The van der Waals surface area contributed by atoms with Crippen LogP contribution in [0.25, 0.3) is 0 Å². The van der Waals surface area contributed by atoms with Gasteiger partial charge >= 0.3 is 0 Å². The number of rotatable bonds is 7. The summed E-state index contributed by atoms with van der Waals surface area (Å²) in [5, 5.41) is 2.92. The van der Waals surface area contributed by atoms with E-state index >= 15 is 0 Å². The maximum atomic E-state index is 12.2. The molecule has 1 aliphatic rings. The Morgan fingerprint density at radius 1 is 1.27 bits per heavy atom. The van der Waals surface area contributed by atoms with E-state index in [1.54, 1.807) is 0 Å². The predicted molar refractivity (Wildman–Crippen MR) is 89.2 cm³/mol. The number of carbonyl (C=O) groups excluding carboxylic acids is 1. The molecule has 1 aromatic rings. The van der Waals surface area contributed by atoms with E-state index in [1.165, 1.54) is 0 Å². The van der Waals surface area contributed by atoms with Crippen molar-refractivity contribution in [1.29, 1.82) is 0 Å². The molecule has 0 aromatic carbocycles. The third-order valence-electron chi connectivity index (χ3n) is 3.94. The van der Waals surface area contributed by atoms with Crippen molar-refractivity contribution in [2.24, 2.45) is 5.92 Å². The number of nitrogens with one attached hydrogen (secondary N) is 1. The number of hydrogen-bond donors (Lipinski definition) is 1. The quantitative estimate of drug-likeness (QED) is 0.841. The summed E-state index contributed by atoms with van der Waals surface area (Å²) >= 11 is 0. The topological polar surface area (TPSA) is 54.5 Å². The van der Waals surface area contributed by atoms with Crippen molar-refractivity contribution in [3.05, 3.63) is 18.3 Å². The van der Waals surface area contributed by atoms with E-state index in [1.807, 2.05) is 18.3 Å². The first-order valence-electron chi connectivity index (χ1n) is 8.34. The van der Waals surface area contributed by atoms with Gasteiger partial charge in [0.2, 0.25) is 5.91 Å². The summed E-state index contributed by atoms with van der Waals surface area (Å²) in [7, 11) is 0. The zero-order chi connectivity index (χ0) is 15.8. The lowest BCUT2D eigenvalue weighted by atomic mass is 9.99. The van der Waals surface area contributed by atoms with Gasteiger partial charge in [-0.25, -0.2) is 4.98 Å². The van der Waals surface area contributed by atoms with Crippen LogP contribution >= 0.6 is 0 Å². The molecule has 0 atom stereocenters. The second-order valence-corrected chi connectivity index (χ2v) is 5.76. The predicted octanol–water partition coefficient (Wildman–Crippen LogP) is 3.07. The molecule has 1 saturated heterocycles. The van der Waals surface area contributed by atoms with Crippen LogP contribution in [0.15, 0.2) is 18.3 Å². The lowest BCUT2D eigenvalue weighted by molar-refractivity contribution is -0.122. The van der Waals surface area contributed by atoms with Gasteiger partial charge in [0.1, 0.15) is 5.82 Å². The number of pyridine rings is 1. The second kappa shape index (κ2) is 8.73. The highest BCUT2D eigenvalue weighted by Crippen LogP contribution is 2.19. The van der Waals surface area contributed by atoms with Gasteiger partial charge in [-0.3, -0.25) is 4.79 Å². The highest BCUT2D eigenvalue weighted by atomic mass is 16.5. The Morgan fingerprint density at radius 2 is 1.95 bits per heavy atom. The summed E-state index contributed by atoms with van der Waals surface area (Å²) in [6.45, 7) is 7.77. The normalized spacial score (nSPS) is 15.5. The summed E-state index contributed by atoms with van der Waals surface area (Å²) in [6.07, 6.45) is 5.67. The van der Waals surface area contributed by atoms with E-state index in [4.69, 9.17) is 4.74 Å².